The maximum atomic E-state index is 12.5. The fraction of sp³-hybridized carbons (Fsp3) is 0.600. The number of hydrogen-bond donors (Lipinski definition) is 0. The summed E-state index contributed by atoms with van der Waals surface area (Å²) in [6.07, 6.45) is 2.34. The second kappa shape index (κ2) is 5.04. The van der Waals surface area contributed by atoms with Gasteiger partial charge in [-0.1, -0.05) is 0 Å². The maximum absolute atomic E-state index is 12.5. The normalized spacial score (nSPS) is 33.0. The minimum Gasteiger partial charge on any atom is -0.548 e. The Balaban J connectivity index is 0.00000161. The summed E-state index contributed by atoms with van der Waals surface area (Å²) in [5.74, 6) is -2.07. The van der Waals surface area contributed by atoms with E-state index >= 15 is 0 Å². The molecule has 2 aliphatic heterocycles. The molecule has 3 rings (SSSR count). The number of hydrogen-bond acceptors (Lipinski definition) is 7. The van der Waals surface area contributed by atoms with E-state index < -0.39 is 37.9 Å². The fourth-order valence-corrected chi connectivity index (χ4v) is 5.26. The first-order valence-corrected chi connectivity index (χ1v) is 7.41. The molecule has 0 unspecified atom stereocenters. The first-order chi connectivity index (χ1) is 9.29. The van der Waals surface area contributed by atoms with Crippen LogP contribution in [0.25, 0.3) is 0 Å². The van der Waals surface area contributed by atoms with Crippen molar-refractivity contribution in [1.29, 1.82) is 0 Å². The molecule has 1 amide bonds. The van der Waals surface area contributed by atoms with Gasteiger partial charge in [-0.3, -0.25) is 9.48 Å². The van der Waals surface area contributed by atoms with Gasteiger partial charge in [0.25, 0.3) is 0 Å². The van der Waals surface area contributed by atoms with E-state index in [9.17, 15) is 23.1 Å². The first-order valence-electron chi connectivity index (χ1n) is 5.87. The summed E-state index contributed by atoms with van der Waals surface area (Å²) in [5.41, 5.74) is 0. The number of carboxylic acids is 1. The van der Waals surface area contributed by atoms with Gasteiger partial charge in [0.1, 0.15) is 22.8 Å². The van der Waals surface area contributed by atoms with Crippen molar-refractivity contribution in [3.05, 3.63) is 12.7 Å². The van der Waals surface area contributed by atoms with Crippen LogP contribution in [0.4, 0.5) is 0 Å². The third kappa shape index (κ3) is 2.04. The van der Waals surface area contributed by atoms with Crippen molar-refractivity contribution in [3.8, 4) is 0 Å². The van der Waals surface area contributed by atoms with Crippen molar-refractivity contribution in [3.63, 3.8) is 0 Å². The number of carbonyl (C=O) groups is 2. The van der Waals surface area contributed by atoms with Crippen LogP contribution in [0.15, 0.2) is 12.7 Å². The van der Waals surface area contributed by atoms with E-state index in [2.05, 4.69) is 10.1 Å². The summed E-state index contributed by atoms with van der Waals surface area (Å²) in [7, 11) is -3.84. The Labute approximate surface area is 142 Å². The standard InChI is InChI=1S/C10H12N4O5S.Na/c1-10(3-13-5-11-4-12-13)8(9(16)17)14-6(15)2-7(14)20(10,18)19;/h4-5,7-8H,2-3H2,1H3,(H,16,17);/q;+1/p-1/t7-,8+,10+;/m1./s1. The van der Waals surface area contributed by atoms with Gasteiger partial charge in [0.05, 0.1) is 25.0 Å². The molecular formula is C10H11N4NaO5S. The van der Waals surface area contributed by atoms with E-state index in [0.29, 0.717) is 0 Å². The molecule has 1 aromatic rings. The molecule has 108 valence electrons. The SMILES string of the molecule is C[C@]1(Cn2cncn2)[C@H](C(=O)[O-])N2C(=O)C[C@H]2S1(=O)=O.[Na+]. The minimum atomic E-state index is -3.84. The summed E-state index contributed by atoms with van der Waals surface area (Å²) < 4.78 is 24.6. The summed E-state index contributed by atoms with van der Waals surface area (Å²) >= 11 is 0. The first kappa shape index (κ1) is 16.4. The number of aliphatic carboxylic acids is 1. The number of β-lactam (4-membered cyclic amide) rings is 1. The van der Waals surface area contributed by atoms with E-state index in [0.717, 1.165) is 4.90 Å². The van der Waals surface area contributed by atoms with Crippen LogP contribution in [0, 0.1) is 0 Å². The molecule has 2 aliphatic rings. The Hall–Kier alpha value is -0.970. The van der Waals surface area contributed by atoms with E-state index in [1.54, 1.807) is 0 Å². The van der Waals surface area contributed by atoms with Crippen LogP contribution in [0.1, 0.15) is 13.3 Å². The van der Waals surface area contributed by atoms with Crippen LogP contribution < -0.4 is 34.7 Å². The number of carbonyl (C=O) groups excluding carboxylic acids is 2. The molecule has 0 saturated carbocycles. The maximum Gasteiger partial charge on any atom is 1.00 e. The van der Waals surface area contributed by atoms with Crippen LogP contribution in [0.3, 0.4) is 0 Å². The molecule has 2 fully saturated rings. The third-order valence-electron chi connectivity index (χ3n) is 3.98. The van der Waals surface area contributed by atoms with Gasteiger partial charge in [0, 0.05) is 0 Å². The zero-order chi connectivity index (χ0) is 14.7. The molecule has 1 aromatic heterocycles. The summed E-state index contributed by atoms with van der Waals surface area (Å²) in [4.78, 5) is 27.5. The van der Waals surface area contributed by atoms with Crippen molar-refractivity contribution < 1.29 is 52.7 Å². The molecule has 0 spiro atoms. The zero-order valence-corrected chi connectivity index (χ0v) is 14.3. The van der Waals surface area contributed by atoms with Gasteiger partial charge in [-0.2, -0.15) is 5.10 Å². The average molecular weight is 322 g/mol. The average Bonchev–Trinajstić information content (AvgIpc) is 2.87. The molecule has 21 heavy (non-hydrogen) atoms. The Morgan fingerprint density at radius 1 is 1.57 bits per heavy atom. The Morgan fingerprint density at radius 3 is 2.71 bits per heavy atom. The molecule has 0 N–H and O–H groups in total. The fourth-order valence-electron chi connectivity index (χ4n) is 2.91. The number of carboxylic acid groups (broad SMARTS) is 1. The van der Waals surface area contributed by atoms with E-state index in [1.165, 1.54) is 24.3 Å². The van der Waals surface area contributed by atoms with E-state index in [4.69, 9.17) is 0 Å². The van der Waals surface area contributed by atoms with Crippen LogP contribution in [0.2, 0.25) is 0 Å². The zero-order valence-electron chi connectivity index (χ0n) is 11.5. The molecule has 3 atom stereocenters. The summed E-state index contributed by atoms with van der Waals surface area (Å²) in [6, 6.07) is -1.51. The number of sulfone groups is 1. The Kier molecular flexibility index (Phi) is 3.94. The van der Waals surface area contributed by atoms with E-state index in [1.807, 2.05) is 0 Å². The van der Waals surface area contributed by atoms with Crippen molar-refractivity contribution in [2.45, 2.75) is 36.1 Å². The summed E-state index contributed by atoms with van der Waals surface area (Å²) in [5, 5.41) is 14.1. The number of rotatable bonds is 3. The van der Waals surface area contributed by atoms with Crippen LogP contribution in [-0.4, -0.2) is 56.1 Å². The van der Waals surface area contributed by atoms with E-state index in [-0.39, 0.29) is 42.5 Å². The van der Waals surface area contributed by atoms with Crippen LogP contribution >= 0.6 is 0 Å². The molecular weight excluding hydrogens is 311 g/mol. The minimum absolute atomic E-state index is 0. The van der Waals surface area contributed by atoms with Crippen LogP contribution in [0.5, 0.6) is 0 Å². The van der Waals surface area contributed by atoms with Crippen LogP contribution in [-0.2, 0) is 26.0 Å². The number of amides is 1. The third-order valence-corrected chi connectivity index (χ3v) is 6.74. The van der Waals surface area contributed by atoms with Gasteiger partial charge < -0.3 is 14.8 Å². The second-order valence-corrected chi connectivity index (χ2v) is 7.70. The molecule has 11 heteroatoms. The molecule has 0 radical (unpaired) electrons. The number of nitrogens with zero attached hydrogens (tertiary/aromatic N) is 4. The van der Waals surface area contributed by atoms with Gasteiger partial charge >= 0.3 is 29.6 Å². The van der Waals surface area contributed by atoms with Gasteiger partial charge in [0.2, 0.25) is 5.91 Å². The topological polar surface area (TPSA) is 125 Å². The molecule has 0 bridgehead atoms. The van der Waals surface area contributed by atoms with Gasteiger partial charge in [-0.05, 0) is 6.92 Å². The quantitative estimate of drug-likeness (QED) is 0.401. The molecule has 3 heterocycles. The largest absolute Gasteiger partial charge is 1.00 e. The Morgan fingerprint density at radius 2 is 2.24 bits per heavy atom. The predicted molar refractivity (Wildman–Crippen MR) is 61.4 cm³/mol. The molecule has 2 saturated heterocycles. The summed E-state index contributed by atoms with van der Waals surface area (Å²) in [6.45, 7) is 1.10. The second-order valence-electron chi connectivity index (χ2n) is 5.13. The molecule has 9 nitrogen and oxygen atoms in total. The van der Waals surface area contributed by atoms with Crippen molar-refractivity contribution in [2.24, 2.45) is 0 Å². The predicted octanol–water partition coefficient (Wildman–Crippen LogP) is -5.85. The van der Waals surface area contributed by atoms with Gasteiger partial charge in [0.15, 0.2) is 9.84 Å². The smallest absolute Gasteiger partial charge is 0.548 e. The van der Waals surface area contributed by atoms with Gasteiger partial charge in [-0.25, -0.2) is 13.4 Å². The Bertz CT molecular complexity index is 690. The van der Waals surface area contributed by atoms with Crippen molar-refractivity contribution >= 4 is 21.7 Å². The monoisotopic (exact) mass is 322 g/mol. The number of fused-ring (bicyclic) bond motifs is 1. The van der Waals surface area contributed by atoms with Crippen molar-refractivity contribution in [2.75, 3.05) is 0 Å². The molecule has 0 aromatic carbocycles. The molecule has 0 aliphatic carbocycles. The number of aromatic nitrogens is 3. The van der Waals surface area contributed by atoms with Gasteiger partial charge in [-0.15, -0.1) is 0 Å². The van der Waals surface area contributed by atoms with Crippen molar-refractivity contribution in [1.82, 2.24) is 19.7 Å².